The third-order valence-electron chi connectivity index (χ3n) is 9.47. The molecule has 0 aliphatic rings. The Balaban J connectivity index is 3.87. The average Bonchev–Trinajstić information content (AvgIpc) is 3.11. The molecule has 0 aromatic heterocycles. The first kappa shape index (κ1) is 50.5. The fourth-order valence-electron chi connectivity index (χ4n) is 6.23. The van der Waals surface area contributed by atoms with E-state index < -0.39 is 32.5 Å². The highest BCUT2D eigenvalue weighted by Crippen LogP contribution is 2.36. The van der Waals surface area contributed by atoms with Crippen molar-refractivity contribution in [2.24, 2.45) is 0 Å². The number of phosphoric ester groups is 1. The van der Waals surface area contributed by atoms with Crippen molar-refractivity contribution in [2.45, 2.75) is 225 Å². The summed E-state index contributed by atoms with van der Waals surface area (Å²) in [6.07, 6.45) is 44.7. The number of hydrogen-bond acceptors (Lipinski definition) is 6. The molecule has 2 N–H and O–H groups in total. The monoisotopic (exact) mass is 757 g/mol. The Kier molecular flexibility index (Phi) is 38.1. The third-order valence-corrected chi connectivity index (χ3v) is 9.96. The van der Waals surface area contributed by atoms with Gasteiger partial charge in [0.1, 0.15) is 6.61 Å². The Morgan fingerprint density at radius 1 is 0.500 bits per heavy atom. The lowest BCUT2D eigenvalue weighted by Crippen LogP contribution is -2.29. The molecule has 52 heavy (non-hydrogen) atoms. The molecule has 0 aromatic rings. The normalized spacial score (nSPS) is 12.6. The second-order valence-corrected chi connectivity index (χ2v) is 15.9. The van der Waals surface area contributed by atoms with Crippen molar-refractivity contribution in [3.05, 3.63) is 24.3 Å². The Bertz CT molecular complexity index is 900. The second kappa shape index (κ2) is 39.2. The predicted octanol–water partition coefficient (Wildman–Crippen LogP) is 13.2. The molecule has 8 nitrogen and oxygen atoms in total. The summed E-state index contributed by atoms with van der Waals surface area (Å²) in [7, 11) is -4.75. The summed E-state index contributed by atoms with van der Waals surface area (Å²) in [5, 5.41) is 0. The van der Waals surface area contributed by atoms with E-state index in [1.54, 1.807) is 0 Å². The molecule has 0 rings (SSSR count). The van der Waals surface area contributed by atoms with Crippen LogP contribution >= 0.6 is 7.82 Å². The topological polar surface area (TPSA) is 119 Å². The molecule has 0 aliphatic carbocycles. The largest absolute Gasteiger partial charge is 0.469 e. The lowest BCUT2D eigenvalue weighted by molar-refractivity contribution is -0.161. The maximum absolute atomic E-state index is 12.4. The molecule has 1 atom stereocenters. The lowest BCUT2D eigenvalue weighted by Gasteiger charge is -2.18. The number of phosphoric acid groups is 1. The molecule has 0 radical (unpaired) electrons. The van der Waals surface area contributed by atoms with Gasteiger partial charge < -0.3 is 19.3 Å². The molecule has 0 aliphatic heterocycles. The summed E-state index contributed by atoms with van der Waals surface area (Å²) in [5.41, 5.74) is 0. The van der Waals surface area contributed by atoms with Crippen LogP contribution in [0.1, 0.15) is 219 Å². The van der Waals surface area contributed by atoms with E-state index in [1.807, 2.05) is 0 Å². The molecule has 0 bridgehead atoms. The van der Waals surface area contributed by atoms with Crippen LogP contribution in [0.2, 0.25) is 0 Å². The van der Waals surface area contributed by atoms with Crippen molar-refractivity contribution >= 4 is 19.8 Å². The van der Waals surface area contributed by atoms with E-state index in [9.17, 15) is 14.2 Å². The summed E-state index contributed by atoms with van der Waals surface area (Å²) in [4.78, 5) is 42.8. The summed E-state index contributed by atoms with van der Waals surface area (Å²) in [5.74, 6) is -0.881. The maximum atomic E-state index is 12.4. The Hall–Kier alpha value is -1.47. The van der Waals surface area contributed by atoms with Gasteiger partial charge in [-0.15, -0.1) is 0 Å². The Morgan fingerprint density at radius 2 is 0.865 bits per heavy atom. The van der Waals surface area contributed by atoms with Gasteiger partial charge in [0.25, 0.3) is 0 Å². The van der Waals surface area contributed by atoms with Gasteiger partial charge in [0.05, 0.1) is 6.61 Å². The first-order valence-corrected chi connectivity index (χ1v) is 23.2. The van der Waals surface area contributed by atoms with Crippen LogP contribution in [0.15, 0.2) is 24.3 Å². The summed E-state index contributed by atoms with van der Waals surface area (Å²) < 4.78 is 26.4. The molecule has 0 fully saturated rings. The number of ether oxygens (including phenoxy) is 2. The minimum atomic E-state index is -4.75. The number of carbonyl (C=O) groups excluding carboxylic acids is 2. The van der Waals surface area contributed by atoms with Crippen molar-refractivity contribution in [2.75, 3.05) is 13.2 Å². The van der Waals surface area contributed by atoms with E-state index >= 15 is 0 Å². The molecular formula is C43H81O8P. The fraction of sp³-hybridized carbons (Fsp3) is 0.860. The van der Waals surface area contributed by atoms with Gasteiger partial charge in [-0.2, -0.15) is 0 Å². The van der Waals surface area contributed by atoms with Crippen LogP contribution in [-0.4, -0.2) is 41.0 Å². The van der Waals surface area contributed by atoms with Crippen molar-refractivity contribution < 1.29 is 37.9 Å². The van der Waals surface area contributed by atoms with Crippen LogP contribution in [0.3, 0.4) is 0 Å². The molecule has 1 unspecified atom stereocenters. The first-order valence-electron chi connectivity index (χ1n) is 21.6. The van der Waals surface area contributed by atoms with Crippen molar-refractivity contribution in [3.63, 3.8) is 0 Å². The molecule has 0 spiro atoms. The van der Waals surface area contributed by atoms with Gasteiger partial charge in [-0.1, -0.05) is 186 Å². The van der Waals surface area contributed by atoms with Gasteiger partial charge in [-0.25, -0.2) is 4.57 Å². The number of esters is 2. The molecule has 0 heterocycles. The van der Waals surface area contributed by atoms with Crippen molar-refractivity contribution in [1.82, 2.24) is 0 Å². The zero-order valence-corrected chi connectivity index (χ0v) is 34.6. The lowest BCUT2D eigenvalue weighted by atomic mass is 10.0. The first-order chi connectivity index (χ1) is 25.3. The van der Waals surface area contributed by atoms with E-state index in [0.717, 1.165) is 51.4 Å². The smallest absolute Gasteiger partial charge is 0.462 e. The maximum Gasteiger partial charge on any atom is 0.469 e. The van der Waals surface area contributed by atoms with Gasteiger partial charge in [0.2, 0.25) is 0 Å². The quantitative estimate of drug-likeness (QED) is 0.0274. The van der Waals surface area contributed by atoms with Crippen LogP contribution in [0.4, 0.5) is 0 Å². The van der Waals surface area contributed by atoms with Gasteiger partial charge >= 0.3 is 19.8 Å². The molecule has 0 saturated carbocycles. The van der Waals surface area contributed by atoms with Gasteiger partial charge in [-0.3, -0.25) is 14.1 Å². The SMILES string of the molecule is CCCCCCC/C=C\C/C=C\CCCCCCCCCCCC(=O)OC(COC(=O)CCCCCCCCCCCCCCC)COP(=O)(O)O. The highest BCUT2D eigenvalue weighted by atomic mass is 31.2. The number of hydrogen-bond donors (Lipinski definition) is 2. The van der Waals surface area contributed by atoms with E-state index in [-0.39, 0.29) is 19.4 Å². The molecule has 0 aromatic carbocycles. The van der Waals surface area contributed by atoms with E-state index in [4.69, 9.17) is 19.3 Å². The number of unbranched alkanes of at least 4 members (excludes halogenated alkanes) is 26. The molecular weight excluding hydrogens is 675 g/mol. The summed E-state index contributed by atoms with van der Waals surface area (Å²) >= 11 is 0. The van der Waals surface area contributed by atoms with Crippen molar-refractivity contribution in [3.8, 4) is 0 Å². The molecule has 306 valence electrons. The molecule has 0 amide bonds. The summed E-state index contributed by atoms with van der Waals surface area (Å²) in [6.45, 7) is 3.69. The van der Waals surface area contributed by atoms with Crippen LogP contribution in [0.25, 0.3) is 0 Å². The fourth-order valence-corrected chi connectivity index (χ4v) is 6.59. The number of carbonyl (C=O) groups is 2. The number of allylic oxidation sites excluding steroid dienone is 4. The minimum absolute atomic E-state index is 0.210. The molecule has 9 heteroatoms. The third kappa shape index (κ3) is 41.3. The van der Waals surface area contributed by atoms with Crippen LogP contribution in [-0.2, 0) is 28.2 Å². The zero-order chi connectivity index (χ0) is 38.2. The average molecular weight is 757 g/mol. The standard InChI is InChI=1S/C43H81O8P/c1-3-5-7-9-11-13-15-17-18-19-20-21-22-23-24-26-28-30-32-34-36-38-43(45)51-41(40-50-52(46,47)48)39-49-42(44)37-35-33-31-29-27-25-16-14-12-10-8-6-4-2/h15,17,19-20,41H,3-14,16,18,21-40H2,1-2H3,(H2,46,47,48)/b17-15-,20-19-. The highest BCUT2D eigenvalue weighted by Gasteiger charge is 2.22. The van der Waals surface area contributed by atoms with E-state index in [0.29, 0.717) is 6.42 Å². The second-order valence-electron chi connectivity index (χ2n) is 14.7. The highest BCUT2D eigenvalue weighted by molar-refractivity contribution is 7.46. The Labute approximate surface area is 319 Å². The number of rotatable bonds is 40. The van der Waals surface area contributed by atoms with Crippen LogP contribution < -0.4 is 0 Å². The van der Waals surface area contributed by atoms with Crippen LogP contribution in [0.5, 0.6) is 0 Å². The minimum Gasteiger partial charge on any atom is -0.462 e. The van der Waals surface area contributed by atoms with Gasteiger partial charge in [0.15, 0.2) is 6.10 Å². The van der Waals surface area contributed by atoms with E-state index in [2.05, 4.69) is 42.7 Å². The van der Waals surface area contributed by atoms with Gasteiger partial charge in [-0.05, 0) is 44.9 Å². The zero-order valence-electron chi connectivity index (χ0n) is 33.7. The van der Waals surface area contributed by atoms with E-state index in [1.165, 1.54) is 135 Å². The van der Waals surface area contributed by atoms with Crippen molar-refractivity contribution in [1.29, 1.82) is 0 Å². The molecule has 0 saturated heterocycles. The summed E-state index contributed by atoms with van der Waals surface area (Å²) in [6, 6.07) is 0. The predicted molar refractivity (Wildman–Crippen MR) is 216 cm³/mol. The van der Waals surface area contributed by atoms with Crippen LogP contribution in [0, 0.1) is 0 Å². The Morgan fingerprint density at radius 3 is 1.27 bits per heavy atom. The van der Waals surface area contributed by atoms with Gasteiger partial charge in [0, 0.05) is 12.8 Å².